The average Bonchev–Trinajstić information content (AvgIpc) is 0.905. The van der Waals surface area contributed by atoms with Gasteiger partial charge in [0, 0.05) is 19.3 Å². The molecule has 0 aliphatic heterocycles. The number of phosphoric acid groups is 2. The van der Waals surface area contributed by atoms with E-state index in [9.17, 15) is 43.5 Å². The topological polar surface area (TPSA) is 231 Å². The second-order valence-electron chi connectivity index (χ2n) is 30.7. The molecule has 16 nitrogen and oxygen atoms in total. The summed E-state index contributed by atoms with van der Waals surface area (Å²) in [6.45, 7) is 2.37. The summed E-state index contributed by atoms with van der Waals surface area (Å²) in [4.78, 5) is 59.1. The first-order valence-corrected chi connectivity index (χ1v) is 49.7. The van der Waals surface area contributed by atoms with Gasteiger partial charge in [-0.1, -0.05) is 382 Å². The van der Waals surface area contributed by atoms with Crippen molar-refractivity contribution in [3.63, 3.8) is 0 Å². The van der Waals surface area contributed by atoms with Gasteiger partial charge in [0.1, 0.15) is 25.4 Å². The third kappa shape index (κ3) is 92.9. The molecule has 678 valence electrons. The number of carbonyl (C=O) groups excluding carboxylic acids is 3. The molecule has 0 aliphatic rings. The highest BCUT2D eigenvalue weighted by Gasteiger charge is 2.29. The number of carbonyl (C=O) groups is 3. The van der Waals surface area contributed by atoms with Gasteiger partial charge in [-0.15, -0.1) is 0 Å². The first-order chi connectivity index (χ1) is 58.2. The molecule has 119 heavy (non-hydrogen) atoms. The van der Waals surface area contributed by atoms with E-state index in [-0.39, 0.29) is 19.3 Å². The molecule has 0 bridgehead atoms. The van der Waals surface area contributed by atoms with Crippen molar-refractivity contribution in [2.75, 3.05) is 39.6 Å². The molecule has 0 heterocycles. The molecule has 5 unspecified atom stereocenters. The SMILES string of the molecule is CC/C=C\C/C=C\C/C=C\C/C=C\C/C=C\C/C=C\CCCCCCCCCCCCC(=O)OCC(O)COP(=O)(O)OCC(O)COP(=O)(O)OCC(COC(=O)CCCCCCCCCCCCC/C=C\C/C=C\C/C=C\C/C=C\C/C=C\CC)OC(=O)CCCCCCCCCCCCC/C=C\C/C=C\C/C=C\C/C=C\C/C=C\CC. The summed E-state index contributed by atoms with van der Waals surface area (Å²) in [5.74, 6) is -1.58. The lowest BCUT2D eigenvalue weighted by molar-refractivity contribution is -0.161. The van der Waals surface area contributed by atoms with Crippen LogP contribution in [0, 0.1) is 0 Å². The molecule has 0 aromatic heterocycles. The molecule has 0 rings (SSSR count). The molecule has 0 aliphatic carbocycles. The van der Waals surface area contributed by atoms with E-state index in [0.29, 0.717) is 19.3 Å². The van der Waals surface area contributed by atoms with Crippen LogP contribution in [0.15, 0.2) is 194 Å². The van der Waals surface area contributed by atoms with Gasteiger partial charge in [0.05, 0.1) is 26.4 Å². The summed E-state index contributed by atoms with van der Waals surface area (Å²) in [7, 11) is -9.82. The maximum Gasteiger partial charge on any atom is 0.472 e. The van der Waals surface area contributed by atoms with E-state index < -0.39 is 91.5 Å². The number of aliphatic hydroxyl groups excluding tert-OH is 2. The van der Waals surface area contributed by atoms with Crippen LogP contribution in [0.4, 0.5) is 0 Å². The maximum absolute atomic E-state index is 13.1. The number of hydrogen-bond donors (Lipinski definition) is 4. The van der Waals surface area contributed by atoms with E-state index in [1.165, 1.54) is 109 Å². The molecule has 0 fully saturated rings. The Labute approximate surface area is 725 Å². The van der Waals surface area contributed by atoms with Crippen LogP contribution < -0.4 is 0 Å². The van der Waals surface area contributed by atoms with Crippen molar-refractivity contribution in [3.05, 3.63) is 194 Å². The van der Waals surface area contributed by atoms with Gasteiger partial charge in [-0.25, -0.2) is 9.13 Å². The summed E-state index contributed by atoms with van der Waals surface area (Å²) >= 11 is 0. The van der Waals surface area contributed by atoms with E-state index in [0.717, 1.165) is 199 Å². The van der Waals surface area contributed by atoms with Crippen LogP contribution in [-0.2, 0) is 55.8 Å². The Morgan fingerprint density at radius 3 is 0.664 bits per heavy atom. The number of rotatable bonds is 87. The van der Waals surface area contributed by atoms with E-state index in [2.05, 4.69) is 215 Å². The zero-order valence-electron chi connectivity index (χ0n) is 74.7. The van der Waals surface area contributed by atoms with Gasteiger partial charge >= 0.3 is 33.6 Å². The number of esters is 3. The fourth-order valence-electron chi connectivity index (χ4n) is 12.3. The highest BCUT2D eigenvalue weighted by atomic mass is 31.2. The molecule has 0 spiro atoms. The van der Waals surface area contributed by atoms with Crippen LogP contribution in [0.2, 0.25) is 0 Å². The van der Waals surface area contributed by atoms with Crippen LogP contribution in [0.3, 0.4) is 0 Å². The summed E-state index contributed by atoms with van der Waals surface area (Å²) in [5, 5.41) is 20.8. The molecule has 18 heteroatoms. The fourth-order valence-corrected chi connectivity index (χ4v) is 13.9. The summed E-state index contributed by atoms with van der Waals surface area (Å²) in [5.41, 5.74) is 0. The third-order valence-corrected chi connectivity index (χ3v) is 21.2. The highest BCUT2D eigenvalue weighted by molar-refractivity contribution is 7.47. The standard InChI is InChI=1S/C101H168O16P2/c1-4-7-10-13-16-19-22-25-28-31-34-37-40-43-46-47-50-52-54-57-60-63-66-69-72-75-78-81-84-87-99(104)111-90-96(102)91-113-118(107,108)114-92-97(103)93-115-119(109,110)116-95-98(117-101(106)89-86-83-80-77-74-71-68-65-62-59-56-53-49-45-42-39-36-33-30-27-24-21-18-15-12-9-6-3)94-112-100(105)88-85-82-79-76-73-70-67-64-61-58-55-51-48-44-41-38-35-32-29-26-23-20-17-14-11-8-5-2/h7-12,16-21,25-30,34-39,43-46,48-50,52,96-98,102-103H,4-6,13-15,22-24,31-33,40-42,47,51,53-95H2,1-3H3,(H,107,108)(H,109,110)/b10-7-,11-8-,12-9-,19-16-,20-17-,21-18-,28-25-,29-26-,30-27-,37-34-,38-35-,39-36-,46-43-,48-44-,49-45-,52-50-. The Bertz CT molecular complexity index is 2940. The molecule has 0 saturated heterocycles. The largest absolute Gasteiger partial charge is 0.472 e. The number of phosphoric ester groups is 2. The van der Waals surface area contributed by atoms with E-state index in [4.69, 9.17) is 32.3 Å². The number of allylic oxidation sites excluding steroid dienone is 32. The first kappa shape index (κ1) is 113. The van der Waals surface area contributed by atoms with Crippen LogP contribution in [0.25, 0.3) is 0 Å². The zero-order chi connectivity index (χ0) is 86.5. The summed E-state index contributed by atoms with van der Waals surface area (Å²) in [6, 6.07) is 0. The van der Waals surface area contributed by atoms with Gasteiger partial charge in [0.25, 0.3) is 0 Å². The second kappa shape index (κ2) is 91.6. The van der Waals surface area contributed by atoms with Crippen LogP contribution in [0.5, 0.6) is 0 Å². The zero-order valence-corrected chi connectivity index (χ0v) is 76.5. The van der Waals surface area contributed by atoms with E-state index >= 15 is 0 Å². The van der Waals surface area contributed by atoms with Crippen molar-refractivity contribution in [2.24, 2.45) is 0 Å². The average molecular weight is 1700 g/mol. The molecule has 0 aromatic rings. The van der Waals surface area contributed by atoms with Crippen LogP contribution >= 0.6 is 15.6 Å². The molecular weight excluding hydrogens is 1530 g/mol. The van der Waals surface area contributed by atoms with E-state index in [1.807, 2.05) is 0 Å². The van der Waals surface area contributed by atoms with Crippen molar-refractivity contribution in [3.8, 4) is 0 Å². The molecule has 0 aromatic carbocycles. The van der Waals surface area contributed by atoms with Crippen molar-refractivity contribution >= 4 is 33.6 Å². The minimum atomic E-state index is -4.95. The Kier molecular flexibility index (Phi) is 87.3. The Morgan fingerprint density at radius 2 is 0.420 bits per heavy atom. The monoisotopic (exact) mass is 1700 g/mol. The predicted molar refractivity (Wildman–Crippen MR) is 500 cm³/mol. The molecular formula is C101H168O16P2. The quantitative estimate of drug-likeness (QED) is 0.0146. The predicted octanol–water partition coefficient (Wildman–Crippen LogP) is 29.0. The Morgan fingerprint density at radius 1 is 0.235 bits per heavy atom. The molecule has 4 N–H and O–H groups in total. The summed E-state index contributed by atoms with van der Waals surface area (Å²) < 4.78 is 61.6. The lowest BCUT2D eigenvalue weighted by atomic mass is 10.0. The molecule has 5 atom stereocenters. The van der Waals surface area contributed by atoms with Gasteiger partial charge in [0.15, 0.2) is 6.10 Å². The minimum Gasteiger partial charge on any atom is -0.463 e. The third-order valence-electron chi connectivity index (χ3n) is 19.3. The van der Waals surface area contributed by atoms with Gasteiger partial charge in [-0.3, -0.25) is 32.5 Å². The van der Waals surface area contributed by atoms with Crippen molar-refractivity contribution in [1.82, 2.24) is 0 Å². The lowest BCUT2D eigenvalue weighted by Crippen LogP contribution is -2.30. The van der Waals surface area contributed by atoms with E-state index in [1.54, 1.807) is 0 Å². The van der Waals surface area contributed by atoms with Crippen molar-refractivity contribution < 1.29 is 75.8 Å². The second-order valence-corrected chi connectivity index (χ2v) is 33.6. The van der Waals surface area contributed by atoms with Crippen molar-refractivity contribution in [2.45, 2.75) is 386 Å². The number of ether oxygens (including phenoxy) is 3. The normalized spacial score (nSPS) is 14.6. The van der Waals surface area contributed by atoms with Crippen molar-refractivity contribution in [1.29, 1.82) is 0 Å². The highest BCUT2D eigenvalue weighted by Crippen LogP contribution is 2.45. The molecule has 0 saturated carbocycles. The first-order valence-electron chi connectivity index (χ1n) is 46.7. The van der Waals surface area contributed by atoms with Gasteiger partial charge in [0.2, 0.25) is 0 Å². The molecule has 0 radical (unpaired) electrons. The number of unbranched alkanes of at least 4 members (excludes halogenated alkanes) is 32. The fraction of sp³-hybridized carbons (Fsp3) is 0.653. The molecule has 0 amide bonds. The minimum absolute atomic E-state index is 0.0939. The van der Waals surface area contributed by atoms with Gasteiger partial charge in [-0.05, 0) is 161 Å². The Balaban J connectivity index is 4.68. The maximum atomic E-state index is 13.1. The van der Waals surface area contributed by atoms with Crippen LogP contribution in [-0.4, -0.2) is 95.9 Å². The lowest BCUT2D eigenvalue weighted by Gasteiger charge is -2.21. The number of hydrogen-bond acceptors (Lipinski definition) is 14. The number of aliphatic hydroxyl groups is 2. The van der Waals surface area contributed by atoms with Gasteiger partial charge in [-0.2, -0.15) is 0 Å². The summed E-state index contributed by atoms with van der Waals surface area (Å²) in [6.07, 6.45) is 122. The Hall–Kier alpha value is -5.61. The van der Waals surface area contributed by atoms with Crippen LogP contribution in [0.1, 0.15) is 367 Å². The smallest absolute Gasteiger partial charge is 0.463 e. The van der Waals surface area contributed by atoms with Gasteiger partial charge < -0.3 is 34.2 Å².